The number of amides is 2. The standard InChI is InChI=1S/C14H15F3N2O2/c1-18-13(21)10-6-12(20)19(8-10)7-9-3-2-4-11(5-9)14(15,16)17/h2-5,10H,6-8H2,1H3,(H,18,21). The molecule has 0 aliphatic carbocycles. The molecule has 1 heterocycles. The summed E-state index contributed by atoms with van der Waals surface area (Å²) in [4.78, 5) is 24.7. The van der Waals surface area contributed by atoms with Crippen LogP contribution >= 0.6 is 0 Å². The Hall–Kier alpha value is -2.05. The van der Waals surface area contributed by atoms with Crippen LogP contribution < -0.4 is 5.32 Å². The second kappa shape index (κ2) is 5.75. The molecule has 1 aromatic rings. The lowest BCUT2D eigenvalue weighted by Crippen LogP contribution is -2.30. The topological polar surface area (TPSA) is 49.4 Å². The number of alkyl halides is 3. The van der Waals surface area contributed by atoms with Gasteiger partial charge in [-0.05, 0) is 17.7 Å². The Balaban J connectivity index is 2.09. The molecular formula is C14H15F3N2O2. The van der Waals surface area contributed by atoms with E-state index in [1.807, 2.05) is 0 Å². The van der Waals surface area contributed by atoms with Gasteiger partial charge in [0.15, 0.2) is 0 Å². The van der Waals surface area contributed by atoms with Crippen molar-refractivity contribution in [1.29, 1.82) is 0 Å². The van der Waals surface area contributed by atoms with Crippen molar-refractivity contribution in [2.75, 3.05) is 13.6 Å². The zero-order chi connectivity index (χ0) is 15.6. The summed E-state index contributed by atoms with van der Waals surface area (Å²) < 4.78 is 37.9. The molecule has 1 aliphatic heterocycles. The molecule has 0 spiro atoms. The Morgan fingerprint density at radius 3 is 2.76 bits per heavy atom. The highest BCUT2D eigenvalue weighted by molar-refractivity contribution is 5.89. The maximum atomic E-state index is 12.6. The van der Waals surface area contributed by atoms with E-state index >= 15 is 0 Å². The van der Waals surface area contributed by atoms with Gasteiger partial charge in [0.25, 0.3) is 0 Å². The first-order chi connectivity index (χ1) is 9.81. The van der Waals surface area contributed by atoms with Gasteiger partial charge in [-0.25, -0.2) is 0 Å². The van der Waals surface area contributed by atoms with Gasteiger partial charge in [-0.15, -0.1) is 0 Å². The third kappa shape index (κ3) is 3.53. The molecule has 0 radical (unpaired) electrons. The van der Waals surface area contributed by atoms with Gasteiger partial charge in [0.1, 0.15) is 0 Å². The average Bonchev–Trinajstić information content (AvgIpc) is 2.79. The molecule has 1 saturated heterocycles. The average molecular weight is 300 g/mol. The van der Waals surface area contributed by atoms with Crippen molar-refractivity contribution in [3.63, 3.8) is 0 Å². The molecule has 114 valence electrons. The smallest absolute Gasteiger partial charge is 0.359 e. The molecule has 0 bridgehead atoms. The number of nitrogens with one attached hydrogen (secondary N) is 1. The van der Waals surface area contributed by atoms with Crippen molar-refractivity contribution in [1.82, 2.24) is 10.2 Å². The van der Waals surface area contributed by atoms with E-state index in [0.29, 0.717) is 5.56 Å². The van der Waals surface area contributed by atoms with Crippen molar-refractivity contribution in [3.8, 4) is 0 Å². The molecule has 21 heavy (non-hydrogen) atoms. The lowest BCUT2D eigenvalue weighted by atomic mass is 10.1. The number of hydrogen-bond donors (Lipinski definition) is 1. The molecule has 7 heteroatoms. The highest BCUT2D eigenvalue weighted by Gasteiger charge is 2.34. The van der Waals surface area contributed by atoms with Crippen LogP contribution in [0.1, 0.15) is 17.5 Å². The highest BCUT2D eigenvalue weighted by Crippen LogP contribution is 2.30. The Morgan fingerprint density at radius 1 is 1.43 bits per heavy atom. The summed E-state index contributed by atoms with van der Waals surface area (Å²) in [6, 6.07) is 4.87. The molecule has 4 nitrogen and oxygen atoms in total. The van der Waals surface area contributed by atoms with Gasteiger partial charge >= 0.3 is 6.18 Å². The maximum absolute atomic E-state index is 12.6. The number of carbonyl (C=O) groups is 2. The Kier molecular flexibility index (Phi) is 4.20. The number of benzene rings is 1. The van der Waals surface area contributed by atoms with E-state index in [1.165, 1.54) is 24.1 Å². The molecule has 1 unspecified atom stereocenters. The number of hydrogen-bond acceptors (Lipinski definition) is 2. The van der Waals surface area contributed by atoms with Crippen molar-refractivity contribution >= 4 is 11.8 Å². The van der Waals surface area contributed by atoms with E-state index in [9.17, 15) is 22.8 Å². The molecule has 1 fully saturated rings. The minimum Gasteiger partial charge on any atom is -0.359 e. The van der Waals surface area contributed by atoms with Gasteiger partial charge < -0.3 is 10.2 Å². The second-order valence-corrected chi connectivity index (χ2v) is 4.99. The SMILES string of the molecule is CNC(=O)C1CC(=O)N(Cc2cccc(C(F)(F)F)c2)C1. The molecular weight excluding hydrogens is 285 g/mol. The number of nitrogens with zero attached hydrogens (tertiary/aromatic N) is 1. The van der Waals surface area contributed by atoms with E-state index in [2.05, 4.69) is 5.32 Å². The number of likely N-dealkylation sites (tertiary alicyclic amines) is 1. The van der Waals surface area contributed by atoms with E-state index in [-0.39, 0.29) is 31.3 Å². The van der Waals surface area contributed by atoms with E-state index in [4.69, 9.17) is 0 Å². The number of carbonyl (C=O) groups excluding carboxylic acids is 2. The van der Waals surface area contributed by atoms with Crippen LogP contribution in [0.4, 0.5) is 13.2 Å². The minimum atomic E-state index is -4.41. The van der Waals surface area contributed by atoms with Crippen molar-refractivity contribution in [3.05, 3.63) is 35.4 Å². The second-order valence-electron chi connectivity index (χ2n) is 4.99. The van der Waals surface area contributed by atoms with E-state index < -0.39 is 17.7 Å². The summed E-state index contributed by atoms with van der Waals surface area (Å²) in [6.07, 6.45) is -4.31. The fourth-order valence-corrected chi connectivity index (χ4v) is 2.37. The third-order valence-corrected chi connectivity index (χ3v) is 3.46. The Labute approximate surface area is 119 Å². The summed E-state index contributed by atoms with van der Waals surface area (Å²) in [5, 5.41) is 2.47. The van der Waals surface area contributed by atoms with Crippen molar-refractivity contribution < 1.29 is 22.8 Å². The van der Waals surface area contributed by atoms with Crippen LogP contribution in [-0.4, -0.2) is 30.3 Å². The Morgan fingerprint density at radius 2 is 2.14 bits per heavy atom. The lowest BCUT2D eigenvalue weighted by Gasteiger charge is -2.17. The zero-order valence-electron chi connectivity index (χ0n) is 11.4. The fourth-order valence-electron chi connectivity index (χ4n) is 2.37. The fraction of sp³-hybridized carbons (Fsp3) is 0.429. The van der Waals surface area contributed by atoms with Gasteiger partial charge in [-0.1, -0.05) is 12.1 Å². The van der Waals surface area contributed by atoms with Crippen LogP contribution in [0.5, 0.6) is 0 Å². The quantitative estimate of drug-likeness (QED) is 0.925. The van der Waals surface area contributed by atoms with Gasteiger partial charge in [-0.2, -0.15) is 13.2 Å². The van der Waals surface area contributed by atoms with Crippen molar-refractivity contribution in [2.24, 2.45) is 5.92 Å². The first kappa shape index (κ1) is 15.3. The van der Waals surface area contributed by atoms with Crippen LogP contribution in [0, 0.1) is 5.92 Å². The van der Waals surface area contributed by atoms with Crippen LogP contribution in [0.15, 0.2) is 24.3 Å². The number of rotatable bonds is 3. The number of halogens is 3. The van der Waals surface area contributed by atoms with E-state index in [1.54, 1.807) is 0 Å². The van der Waals surface area contributed by atoms with E-state index in [0.717, 1.165) is 12.1 Å². The third-order valence-electron chi connectivity index (χ3n) is 3.46. The monoisotopic (exact) mass is 300 g/mol. The van der Waals surface area contributed by atoms with Crippen LogP contribution in [-0.2, 0) is 22.3 Å². The molecule has 0 saturated carbocycles. The highest BCUT2D eigenvalue weighted by atomic mass is 19.4. The summed E-state index contributed by atoms with van der Waals surface area (Å²) in [7, 11) is 1.49. The summed E-state index contributed by atoms with van der Waals surface area (Å²) >= 11 is 0. The normalized spacial score (nSPS) is 19.0. The van der Waals surface area contributed by atoms with Gasteiger partial charge in [0, 0.05) is 26.6 Å². The van der Waals surface area contributed by atoms with Crippen LogP contribution in [0.2, 0.25) is 0 Å². The zero-order valence-corrected chi connectivity index (χ0v) is 11.4. The summed E-state index contributed by atoms with van der Waals surface area (Å²) in [5.41, 5.74) is -0.342. The van der Waals surface area contributed by atoms with Crippen LogP contribution in [0.25, 0.3) is 0 Å². The first-order valence-electron chi connectivity index (χ1n) is 6.46. The molecule has 0 aromatic heterocycles. The summed E-state index contributed by atoms with van der Waals surface area (Å²) in [6.45, 7) is 0.311. The minimum absolute atomic E-state index is 0.0796. The van der Waals surface area contributed by atoms with Gasteiger partial charge in [-0.3, -0.25) is 9.59 Å². The molecule has 1 aliphatic rings. The molecule has 2 amide bonds. The van der Waals surface area contributed by atoms with Gasteiger partial charge in [0.05, 0.1) is 11.5 Å². The molecule has 2 rings (SSSR count). The molecule has 1 aromatic carbocycles. The first-order valence-corrected chi connectivity index (χ1v) is 6.46. The maximum Gasteiger partial charge on any atom is 0.416 e. The predicted molar refractivity (Wildman–Crippen MR) is 69.0 cm³/mol. The largest absolute Gasteiger partial charge is 0.416 e. The lowest BCUT2D eigenvalue weighted by molar-refractivity contribution is -0.137. The van der Waals surface area contributed by atoms with Crippen LogP contribution in [0.3, 0.4) is 0 Å². The Bertz CT molecular complexity index is 557. The summed E-state index contributed by atoms with van der Waals surface area (Å²) in [5.74, 6) is -0.885. The molecule has 1 atom stereocenters. The molecule has 1 N–H and O–H groups in total. The van der Waals surface area contributed by atoms with Gasteiger partial charge in [0.2, 0.25) is 11.8 Å². The predicted octanol–water partition coefficient (Wildman–Crippen LogP) is 1.80. The van der Waals surface area contributed by atoms with Crippen molar-refractivity contribution in [2.45, 2.75) is 19.1 Å².